The molecule has 0 amide bonds. The van der Waals surface area contributed by atoms with Crippen molar-refractivity contribution in [3.63, 3.8) is 0 Å². The molecule has 1 heterocycles. The van der Waals surface area contributed by atoms with E-state index >= 15 is 0 Å². The number of benzene rings is 1. The van der Waals surface area contributed by atoms with Crippen LogP contribution < -0.4 is 9.47 Å². The maximum atomic E-state index is 5.70. The Labute approximate surface area is 119 Å². The molecule has 0 atom stereocenters. The molecule has 0 aliphatic heterocycles. The number of aromatic nitrogens is 2. The van der Waals surface area contributed by atoms with Crippen molar-refractivity contribution in [1.82, 2.24) is 14.7 Å². The predicted molar refractivity (Wildman–Crippen MR) is 78.0 cm³/mol. The highest BCUT2D eigenvalue weighted by Crippen LogP contribution is 2.16. The maximum Gasteiger partial charge on any atom is 0.119 e. The molecule has 0 saturated heterocycles. The van der Waals surface area contributed by atoms with Crippen LogP contribution in [0.15, 0.2) is 36.7 Å². The lowest BCUT2D eigenvalue weighted by Gasteiger charge is -2.16. The second kappa shape index (κ2) is 6.96. The fourth-order valence-electron chi connectivity index (χ4n) is 1.94. The second-order valence-electron chi connectivity index (χ2n) is 4.78. The van der Waals surface area contributed by atoms with Gasteiger partial charge in [-0.15, -0.1) is 0 Å². The zero-order valence-corrected chi connectivity index (χ0v) is 12.2. The topological polar surface area (TPSA) is 39.5 Å². The van der Waals surface area contributed by atoms with Crippen LogP contribution in [0.3, 0.4) is 0 Å². The van der Waals surface area contributed by atoms with Crippen LogP contribution in [0.4, 0.5) is 0 Å². The summed E-state index contributed by atoms with van der Waals surface area (Å²) in [7, 11) is 5.66. The van der Waals surface area contributed by atoms with Crippen LogP contribution >= 0.6 is 0 Å². The average molecular weight is 275 g/mol. The van der Waals surface area contributed by atoms with Crippen molar-refractivity contribution < 1.29 is 9.47 Å². The molecule has 108 valence electrons. The first-order valence-electron chi connectivity index (χ1n) is 6.60. The van der Waals surface area contributed by atoms with Crippen molar-refractivity contribution in [2.24, 2.45) is 7.05 Å². The highest BCUT2D eigenvalue weighted by atomic mass is 16.5. The van der Waals surface area contributed by atoms with Gasteiger partial charge >= 0.3 is 0 Å². The summed E-state index contributed by atoms with van der Waals surface area (Å²) >= 11 is 0. The smallest absolute Gasteiger partial charge is 0.119 e. The number of likely N-dealkylation sites (N-methyl/N-ethyl adjacent to an activating group) is 1. The van der Waals surface area contributed by atoms with E-state index in [9.17, 15) is 0 Å². The predicted octanol–water partition coefficient (Wildman–Crippen LogP) is 1.94. The van der Waals surface area contributed by atoms with Crippen molar-refractivity contribution >= 4 is 0 Å². The Hall–Kier alpha value is -2.01. The Kier molecular flexibility index (Phi) is 5.01. The van der Waals surface area contributed by atoms with E-state index in [0.717, 1.165) is 24.6 Å². The highest BCUT2D eigenvalue weighted by molar-refractivity contribution is 5.31. The average Bonchev–Trinajstić information content (AvgIpc) is 2.85. The number of rotatable bonds is 7. The largest absolute Gasteiger partial charge is 0.497 e. The minimum atomic E-state index is 0.656. The molecular weight excluding hydrogens is 254 g/mol. The maximum absolute atomic E-state index is 5.70. The van der Waals surface area contributed by atoms with Crippen molar-refractivity contribution in [3.8, 4) is 11.5 Å². The molecule has 0 aliphatic rings. The molecule has 0 aliphatic carbocycles. The van der Waals surface area contributed by atoms with Gasteiger partial charge in [0.15, 0.2) is 0 Å². The molecule has 2 rings (SSSR count). The minimum absolute atomic E-state index is 0.656. The molecule has 5 nitrogen and oxygen atoms in total. The lowest BCUT2D eigenvalue weighted by molar-refractivity contribution is 0.232. The lowest BCUT2D eigenvalue weighted by atomic mass is 10.3. The fourth-order valence-corrected chi connectivity index (χ4v) is 1.94. The van der Waals surface area contributed by atoms with Crippen LogP contribution in [0.2, 0.25) is 0 Å². The van der Waals surface area contributed by atoms with Gasteiger partial charge in [0.05, 0.1) is 13.3 Å². The molecular formula is C15H21N3O2. The van der Waals surface area contributed by atoms with Crippen LogP contribution in [0.5, 0.6) is 11.5 Å². The van der Waals surface area contributed by atoms with E-state index in [2.05, 4.69) is 17.0 Å². The van der Waals surface area contributed by atoms with E-state index in [1.165, 1.54) is 5.56 Å². The van der Waals surface area contributed by atoms with Gasteiger partial charge in [0.1, 0.15) is 18.1 Å². The van der Waals surface area contributed by atoms with Gasteiger partial charge in [0.25, 0.3) is 0 Å². The zero-order valence-electron chi connectivity index (χ0n) is 12.2. The zero-order chi connectivity index (χ0) is 14.4. The molecule has 1 aromatic heterocycles. The van der Waals surface area contributed by atoms with Gasteiger partial charge < -0.3 is 9.47 Å². The summed E-state index contributed by atoms with van der Waals surface area (Å²) in [4.78, 5) is 2.21. The number of hydrogen-bond acceptors (Lipinski definition) is 4. The Morgan fingerprint density at radius 3 is 2.50 bits per heavy atom. The van der Waals surface area contributed by atoms with Crippen molar-refractivity contribution in [1.29, 1.82) is 0 Å². The highest BCUT2D eigenvalue weighted by Gasteiger charge is 2.03. The number of hydrogen-bond donors (Lipinski definition) is 0. The number of methoxy groups -OCH3 is 1. The monoisotopic (exact) mass is 275 g/mol. The van der Waals surface area contributed by atoms with Crippen LogP contribution in [-0.4, -0.2) is 42.0 Å². The molecule has 0 N–H and O–H groups in total. The van der Waals surface area contributed by atoms with Gasteiger partial charge in [-0.05, 0) is 31.3 Å². The van der Waals surface area contributed by atoms with Crippen molar-refractivity contribution in [3.05, 3.63) is 42.2 Å². The van der Waals surface area contributed by atoms with E-state index in [4.69, 9.17) is 9.47 Å². The summed E-state index contributed by atoms with van der Waals surface area (Å²) < 4.78 is 12.6. The van der Waals surface area contributed by atoms with Gasteiger partial charge in [0, 0.05) is 31.9 Å². The molecule has 0 fully saturated rings. The van der Waals surface area contributed by atoms with Gasteiger partial charge in [-0.2, -0.15) is 5.10 Å². The van der Waals surface area contributed by atoms with Crippen molar-refractivity contribution in [2.75, 3.05) is 27.3 Å². The van der Waals surface area contributed by atoms with Crippen molar-refractivity contribution in [2.45, 2.75) is 6.54 Å². The van der Waals surface area contributed by atoms with Crippen LogP contribution in [0.25, 0.3) is 0 Å². The molecule has 1 aromatic carbocycles. The summed E-state index contributed by atoms with van der Waals surface area (Å²) in [6.45, 7) is 2.39. The van der Waals surface area contributed by atoms with E-state index < -0.39 is 0 Å². The molecule has 5 heteroatoms. The third kappa shape index (κ3) is 4.28. The molecule has 2 aromatic rings. The number of ether oxygens (including phenoxy) is 2. The Balaban J connectivity index is 1.71. The van der Waals surface area contributed by atoms with Gasteiger partial charge in [-0.1, -0.05) is 0 Å². The van der Waals surface area contributed by atoms with E-state index in [1.807, 2.05) is 48.4 Å². The number of aryl methyl sites for hydroxylation is 1. The molecule has 0 unspecified atom stereocenters. The minimum Gasteiger partial charge on any atom is -0.497 e. The Bertz CT molecular complexity index is 522. The van der Waals surface area contributed by atoms with Crippen LogP contribution in [0.1, 0.15) is 5.56 Å². The van der Waals surface area contributed by atoms with E-state index in [1.54, 1.807) is 7.11 Å². The third-order valence-electron chi connectivity index (χ3n) is 3.01. The van der Waals surface area contributed by atoms with Gasteiger partial charge in [-0.25, -0.2) is 0 Å². The van der Waals surface area contributed by atoms with Crippen LogP contribution in [-0.2, 0) is 13.6 Å². The third-order valence-corrected chi connectivity index (χ3v) is 3.01. The summed E-state index contributed by atoms with van der Waals surface area (Å²) in [5.74, 6) is 1.70. The first-order chi connectivity index (χ1) is 9.67. The molecule has 0 spiro atoms. The Morgan fingerprint density at radius 2 is 1.90 bits per heavy atom. The summed E-state index contributed by atoms with van der Waals surface area (Å²) in [6, 6.07) is 7.63. The molecule has 0 saturated carbocycles. The summed E-state index contributed by atoms with van der Waals surface area (Å²) in [5, 5.41) is 4.16. The summed E-state index contributed by atoms with van der Waals surface area (Å²) in [6.07, 6.45) is 3.92. The molecule has 0 bridgehead atoms. The lowest BCUT2D eigenvalue weighted by Crippen LogP contribution is -2.23. The number of nitrogens with zero attached hydrogens (tertiary/aromatic N) is 3. The molecule has 0 radical (unpaired) electrons. The quantitative estimate of drug-likeness (QED) is 0.774. The standard InChI is InChI=1S/C15H21N3O2/c1-17(11-13-10-16-18(2)12-13)8-9-20-15-6-4-14(19-3)5-7-15/h4-7,10,12H,8-9,11H2,1-3H3. The van der Waals surface area contributed by atoms with Crippen LogP contribution in [0, 0.1) is 0 Å². The summed E-state index contributed by atoms with van der Waals surface area (Å²) in [5.41, 5.74) is 1.21. The Morgan fingerprint density at radius 1 is 1.20 bits per heavy atom. The molecule has 20 heavy (non-hydrogen) atoms. The van der Waals surface area contributed by atoms with E-state index in [-0.39, 0.29) is 0 Å². The van der Waals surface area contributed by atoms with E-state index in [0.29, 0.717) is 6.61 Å². The fraction of sp³-hybridized carbons (Fsp3) is 0.400. The normalized spacial score (nSPS) is 10.8. The van der Waals surface area contributed by atoms with Gasteiger partial charge in [0.2, 0.25) is 0 Å². The SMILES string of the molecule is COc1ccc(OCCN(C)Cc2cnn(C)c2)cc1. The first-order valence-corrected chi connectivity index (χ1v) is 6.60. The van der Waals surface area contributed by atoms with Gasteiger partial charge in [-0.3, -0.25) is 9.58 Å². The second-order valence-corrected chi connectivity index (χ2v) is 4.78. The first kappa shape index (κ1) is 14.4.